The first-order chi connectivity index (χ1) is 18.1. The van der Waals surface area contributed by atoms with Crippen molar-refractivity contribution in [3.63, 3.8) is 0 Å². The second kappa shape index (κ2) is 12.0. The number of hydrogen-bond acceptors (Lipinski definition) is 7. The van der Waals surface area contributed by atoms with E-state index in [0.717, 1.165) is 82.7 Å². The quantitative estimate of drug-likeness (QED) is 0.512. The summed E-state index contributed by atoms with van der Waals surface area (Å²) in [5.41, 5.74) is 8.56. The van der Waals surface area contributed by atoms with Crippen molar-refractivity contribution in [3.8, 4) is 0 Å². The van der Waals surface area contributed by atoms with Crippen LogP contribution < -0.4 is 20.9 Å². The number of carbonyl (C=O) groups is 1. The van der Waals surface area contributed by atoms with E-state index in [2.05, 4.69) is 57.4 Å². The normalized spacial score (nSPS) is 19.4. The third-order valence-electron chi connectivity index (χ3n) is 8.09. The predicted molar refractivity (Wildman–Crippen MR) is 149 cm³/mol. The van der Waals surface area contributed by atoms with Crippen LogP contribution in [-0.4, -0.2) is 91.2 Å². The molecule has 2 fully saturated rings. The molecule has 9 heteroatoms. The van der Waals surface area contributed by atoms with Gasteiger partial charge in [0.25, 0.3) is 0 Å². The molecule has 1 aliphatic carbocycles. The summed E-state index contributed by atoms with van der Waals surface area (Å²) >= 11 is 0. The number of urea groups is 1. The van der Waals surface area contributed by atoms with Crippen LogP contribution in [0.15, 0.2) is 30.3 Å². The van der Waals surface area contributed by atoms with Crippen molar-refractivity contribution in [1.29, 1.82) is 0 Å². The monoisotopic (exact) mass is 506 g/mol. The van der Waals surface area contributed by atoms with Crippen molar-refractivity contribution < 1.29 is 4.79 Å². The largest absolute Gasteiger partial charge is 0.369 e. The zero-order valence-corrected chi connectivity index (χ0v) is 22.2. The van der Waals surface area contributed by atoms with E-state index in [-0.39, 0.29) is 12.1 Å². The number of rotatable bonds is 10. The molecule has 37 heavy (non-hydrogen) atoms. The fourth-order valence-corrected chi connectivity index (χ4v) is 5.86. The average Bonchev–Trinajstić information content (AvgIpc) is 3.64. The number of aromatic nitrogens is 2. The van der Waals surface area contributed by atoms with Gasteiger partial charge in [-0.15, -0.1) is 0 Å². The number of hydrogen-bond donors (Lipinski definition) is 2. The van der Waals surface area contributed by atoms with Gasteiger partial charge in [0.05, 0.1) is 0 Å². The number of likely N-dealkylation sites (N-methyl/N-ethyl adjacent to an activating group) is 1. The Morgan fingerprint density at radius 3 is 2.43 bits per heavy atom. The number of carbonyl (C=O) groups excluding carboxylic acids is 1. The lowest BCUT2D eigenvalue weighted by molar-refractivity contribution is 0.165. The van der Waals surface area contributed by atoms with Gasteiger partial charge in [-0.3, -0.25) is 0 Å². The molecule has 0 saturated carbocycles. The van der Waals surface area contributed by atoms with Gasteiger partial charge in [0.2, 0.25) is 5.95 Å². The molecule has 1 aromatic carbocycles. The molecule has 1 unspecified atom stereocenters. The molecule has 1 aromatic heterocycles. The first-order valence-electron chi connectivity index (χ1n) is 14.0. The lowest BCUT2D eigenvalue weighted by Gasteiger charge is -2.35. The molecule has 9 nitrogen and oxygen atoms in total. The molecule has 2 amide bonds. The number of primary amides is 1. The number of nitrogens with one attached hydrogen (secondary N) is 1. The van der Waals surface area contributed by atoms with Crippen LogP contribution in [0.1, 0.15) is 43.2 Å². The second-order valence-corrected chi connectivity index (χ2v) is 10.7. The van der Waals surface area contributed by atoms with Crippen LogP contribution in [-0.2, 0) is 12.8 Å². The standard InChI is InChI=1S/C28H42N8O/c1-33(18-19-36(27(29)37)24-11-10-22-8-2-3-9-23(22)20-24)17-12-30-25-21-26(34-13-4-5-14-34)32-28(31-25)35-15-6-7-16-35/h2-3,8-9,21,24H,4-7,10-20H2,1H3,(H2,29,37)(H,30,31,32). The van der Waals surface area contributed by atoms with Gasteiger partial charge in [-0.2, -0.15) is 9.97 Å². The minimum Gasteiger partial charge on any atom is -0.369 e. The molecule has 0 radical (unpaired) electrons. The van der Waals surface area contributed by atoms with E-state index in [0.29, 0.717) is 6.54 Å². The van der Waals surface area contributed by atoms with E-state index < -0.39 is 0 Å². The van der Waals surface area contributed by atoms with Gasteiger partial charge in [-0.1, -0.05) is 24.3 Å². The molecule has 3 N–H and O–H groups in total. The highest BCUT2D eigenvalue weighted by molar-refractivity contribution is 5.72. The number of nitrogens with two attached hydrogens (primary N) is 1. The zero-order valence-electron chi connectivity index (χ0n) is 22.2. The molecule has 3 heterocycles. The molecule has 0 spiro atoms. The Morgan fingerprint density at radius 2 is 1.70 bits per heavy atom. The zero-order chi connectivity index (χ0) is 25.6. The van der Waals surface area contributed by atoms with Gasteiger partial charge in [-0.25, -0.2) is 4.79 Å². The number of fused-ring (bicyclic) bond motifs is 1. The number of anilines is 3. The lowest BCUT2D eigenvalue weighted by Crippen LogP contribution is -2.49. The van der Waals surface area contributed by atoms with Crippen molar-refractivity contribution in [3.05, 3.63) is 41.5 Å². The Labute approximate surface area is 221 Å². The summed E-state index contributed by atoms with van der Waals surface area (Å²) in [5, 5.41) is 3.54. The topological polar surface area (TPSA) is 93.9 Å². The highest BCUT2D eigenvalue weighted by atomic mass is 16.2. The molecular formula is C28H42N8O. The van der Waals surface area contributed by atoms with Crippen LogP contribution in [0.3, 0.4) is 0 Å². The van der Waals surface area contributed by atoms with E-state index in [1.807, 2.05) is 4.90 Å². The fraction of sp³-hybridized carbons (Fsp3) is 0.607. The maximum Gasteiger partial charge on any atom is 0.315 e. The maximum absolute atomic E-state index is 12.3. The summed E-state index contributed by atoms with van der Waals surface area (Å²) in [5.74, 6) is 2.78. The highest BCUT2D eigenvalue weighted by Crippen LogP contribution is 2.26. The molecular weight excluding hydrogens is 464 g/mol. The summed E-state index contributed by atoms with van der Waals surface area (Å²) < 4.78 is 0. The Morgan fingerprint density at radius 1 is 1.00 bits per heavy atom. The van der Waals surface area contributed by atoms with Gasteiger partial charge in [0, 0.05) is 64.5 Å². The Balaban J connectivity index is 1.13. The Bertz CT molecular complexity index is 1020. The maximum atomic E-state index is 12.3. The van der Waals surface area contributed by atoms with Crippen molar-refractivity contribution in [2.45, 2.75) is 51.0 Å². The van der Waals surface area contributed by atoms with E-state index in [4.69, 9.17) is 15.7 Å². The van der Waals surface area contributed by atoms with Crippen LogP contribution >= 0.6 is 0 Å². The molecule has 0 bridgehead atoms. The second-order valence-electron chi connectivity index (χ2n) is 10.7. The van der Waals surface area contributed by atoms with Gasteiger partial charge >= 0.3 is 6.03 Å². The van der Waals surface area contributed by atoms with E-state index >= 15 is 0 Å². The van der Waals surface area contributed by atoms with Crippen molar-refractivity contribution in [2.24, 2.45) is 5.73 Å². The first-order valence-corrected chi connectivity index (χ1v) is 14.0. The predicted octanol–water partition coefficient (Wildman–Crippen LogP) is 2.96. The number of benzene rings is 1. The first kappa shape index (κ1) is 25.6. The minimum atomic E-state index is -0.319. The third kappa shape index (κ3) is 6.44. The molecule has 5 rings (SSSR count). The van der Waals surface area contributed by atoms with Crippen molar-refractivity contribution in [2.75, 3.05) is 74.5 Å². The number of aryl methyl sites for hydroxylation is 1. The summed E-state index contributed by atoms with van der Waals surface area (Å²) in [4.78, 5) is 30.9. The van der Waals surface area contributed by atoms with Gasteiger partial charge in [-0.05, 0) is 63.1 Å². The molecule has 200 valence electrons. The summed E-state index contributed by atoms with van der Waals surface area (Å²) in [7, 11) is 2.10. The summed E-state index contributed by atoms with van der Waals surface area (Å²) in [6.07, 6.45) is 7.73. The third-order valence-corrected chi connectivity index (χ3v) is 8.09. The fourth-order valence-electron chi connectivity index (χ4n) is 5.86. The molecule has 2 saturated heterocycles. The summed E-state index contributed by atoms with van der Waals surface area (Å²) in [6, 6.07) is 10.5. The van der Waals surface area contributed by atoms with Crippen molar-refractivity contribution >= 4 is 23.6 Å². The van der Waals surface area contributed by atoms with Crippen LogP contribution in [0.4, 0.5) is 22.4 Å². The smallest absolute Gasteiger partial charge is 0.315 e. The highest BCUT2D eigenvalue weighted by Gasteiger charge is 2.26. The van der Waals surface area contributed by atoms with E-state index in [1.54, 1.807) is 0 Å². The average molecular weight is 507 g/mol. The Hall–Kier alpha value is -3.07. The SMILES string of the molecule is CN(CCNc1cc(N2CCCC2)nc(N2CCCC2)n1)CCN(C(N)=O)C1CCc2ccccc2C1. The molecule has 2 aromatic rings. The van der Waals surface area contributed by atoms with Gasteiger partial charge in [0.1, 0.15) is 11.6 Å². The van der Waals surface area contributed by atoms with Crippen LogP contribution in [0.25, 0.3) is 0 Å². The number of nitrogens with zero attached hydrogens (tertiary/aromatic N) is 6. The van der Waals surface area contributed by atoms with E-state index in [1.165, 1.54) is 36.8 Å². The van der Waals surface area contributed by atoms with Gasteiger partial charge in [0.15, 0.2) is 0 Å². The number of amides is 2. The lowest BCUT2D eigenvalue weighted by atomic mass is 9.87. The summed E-state index contributed by atoms with van der Waals surface area (Å²) in [6.45, 7) is 7.27. The van der Waals surface area contributed by atoms with Gasteiger partial charge < -0.3 is 30.7 Å². The van der Waals surface area contributed by atoms with Crippen LogP contribution in [0.2, 0.25) is 0 Å². The van der Waals surface area contributed by atoms with Crippen molar-refractivity contribution in [1.82, 2.24) is 19.8 Å². The van der Waals surface area contributed by atoms with Crippen LogP contribution in [0.5, 0.6) is 0 Å². The molecule has 1 atom stereocenters. The Kier molecular flexibility index (Phi) is 8.28. The minimum absolute atomic E-state index is 0.174. The van der Waals surface area contributed by atoms with E-state index in [9.17, 15) is 4.79 Å². The molecule has 2 aliphatic heterocycles. The molecule has 3 aliphatic rings. The van der Waals surface area contributed by atoms with Crippen LogP contribution in [0, 0.1) is 0 Å².